The second-order valence-corrected chi connectivity index (χ2v) is 4.75. The average Bonchev–Trinajstić information content (AvgIpc) is 2.55. The van der Waals surface area contributed by atoms with Gasteiger partial charge in [-0.15, -0.1) is 0 Å². The second kappa shape index (κ2) is 4.86. The van der Waals surface area contributed by atoms with Crippen LogP contribution in [0.15, 0.2) is 0 Å². The van der Waals surface area contributed by atoms with Crippen molar-refractivity contribution >= 4 is 17.7 Å². The molecule has 0 spiro atoms. The number of amides is 1. The lowest BCUT2D eigenvalue weighted by Crippen LogP contribution is -2.42. The monoisotopic (exact) mass is 203 g/mol. The topological polar surface area (TPSA) is 49.3 Å². The maximum Gasteiger partial charge on any atom is 0.224 e. The Morgan fingerprint density at radius 1 is 1.62 bits per heavy atom. The molecule has 1 aliphatic rings. The van der Waals surface area contributed by atoms with E-state index in [1.807, 2.05) is 18.7 Å². The molecular formula is C9H17NO2S. The van der Waals surface area contributed by atoms with E-state index in [1.54, 1.807) is 6.92 Å². The van der Waals surface area contributed by atoms with Crippen molar-refractivity contribution in [3.63, 3.8) is 0 Å². The molecule has 3 nitrogen and oxygen atoms in total. The van der Waals surface area contributed by atoms with Gasteiger partial charge in [-0.1, -0.05) is 0 Å². The summed E-state index contributed by atoms with van der Waals surface area (Å²) in [5.74, 6) is 2.27. The van der Waals surface area contributed by atoms with Gasteiger partial charge in [0.05, 0.1) is 12.1 Å². The second-order valence-electron chi connectivity index (χ2n) is 3.60. The van der Waals surface area contributed by atoms with E-state index >= 15 is 0 Å². The molecule has 1 saturated heterocycles. The molecule has 1 aliphatic heterocycles. The van der Waals surface area contributed by atoms with Crippen LogP contribution in [0.3, 0.4) is 0 Å². The standard InChI is InChI=1S/C9H17NO2S/c1-6(7(2)11)10-9(12)8-3-4-13-5-8/h6-8,11H,3-5H2,1-2H3,(H,10,12). The lowest BCUT2D eigenvalue weighted by molar-refractivity contribution is -0.125. The summed E-state index contributed by atoms with van der Waals surface area (Å²) in [5, 5.41) is 12.0. The lowest BCUT2D eigenvalue weighted by Gasteiger charge is -2.18. The molecule has 3 unspecified atom stereocenters. The first-order valence-corrected chi connectivity index (χ1v) is 5.83. The number of carbonyl (C=O) groups excluding carboxylic acids is 1. The van der Waals surface area contributed by atoms with E-state index in [0.717, 1.165) is 17.9 Å². The highest BCUT2D eigenvalue weighted by Crippen LogP contribution is 2.23. The maximum absolute atomic E-state index is 11.5. The molecule has 3 atom stereocenters. The van der Waals surface area contributed by atoms with Gasteiger partial charge < -0.3 is 10.4 Å². The smallest absolute Gasteiger partial charge is 0.224 e. The Morgan fingerprint density at radius 2 is 2.31 bits per heavy atom. The molecule has 0 aliphatic carbocycles. The van der Waals surface area contributed by atoms with Gasteiger partial charge in [0.2, 0.25) is 5.91 Å². The largest absolute Gasteiger partial charge is 0.391 e. The van der Waals surface area contributed by atoms with Crippen molar-refractivity contribution in [2.24, 2.45) is 5.92 Å². The summed E-state index contributed by atoms with van der Waals surface area (Å²) in [4.78, 5) is 11.5. The first-order valence-electron chi connectivity index (χ1n) is 4.67. The predicted molar refractivity (Wildman–Crippen MR) is 54.7 cm³/mol. The highest BCUT2D eigenvalue weighted by molar-refractivity contribution is 7.99. The molecule has 0 radical (unpaired) electrons. The normalized spacial score (nSPS) is 26.8. The fourth-order valence-corrected chi connectivity index (χ4v) is 2.42. The van der Waals surface area contributed by atoms with Gasteiger partial charge in [-0.2, -0.15) is 11.8 Å². The summed E-state index contributed by atoms with van der Waals surface area (Å²) in [6.45, 7) is 3.51. The quantitative estimate of drug-likeness (QED) is 0.707. The highest BCUT2D eigenvalue weighted by Gasteiger charge is 2.24. The Kier molecular flexibility index (Phi) is 4.06. The van der Waals surface area contributed by atoms with E-state index in [2.05, 4.69) is 5.32 Å². The summed E-state index contributed by atoms with van der Waals surface area (Å²) in [6.07, 6.45) is 0.501. The van der Waals surface area contributed by atoms with Gasteiger partial charge in [-0.05, 0) is 26.0 Å². The Labute approximate surface area is 83.3 Å². The number of aliphatic hydroxyl groups excluding tert-OH is 1. The molecule has 13 heavy (non-hydrogen) atoms. The van der Waals surface area contributed by atoms with E-state index in [-0.39, 0.29) is 17.9 Å². The van der Waals surface area contributed by atoms with Crippen LogP contribution in [0.5, 0.6) is 0 Å². The third-order valence-electron chi connectivity index (χ3n) is 2.39. The van der Waals surface area contributed by atoms with Gasteiger partial charge in [0, 0.05) is 11.7 Å². The zero-order chi connectivity index (χ0) is 9.84. The number of thioether (sulfide) groups is 1. The molecule has 0 aromatic heterocycles. The number of hydrogen-bond acceptors (Lipinski definition) is 3. The predicted octanol–water partition coefficient (Wildman–Crippen LogP) is 0.625. The third-order valence-corrected chi connectivity index (χ3v) is 3.56. The number of hydrogen-bond donors (Lipinski definition) is 2. The molecule has 1 amide bonds. The Hall–Kier alpha value is -0.220. The van der Waals surface area contributed by atoms with E-state index in [4.69, 9.17) is 0 Å². The molecule has 0 aromatic rings. The summed E-state index contributed by atoms with van der Waals surface area (Å²) in [5.41, 5.74) is 0. The van der Waals surface area contributed by atoms with Gasteiger partial charge >= 0.3 is 0 Å². The SMILES string of the molecule is CC(O)C(C)NC(=O)C1CCSC1. The molecule has 0 bridgehead atoms. The Morgan fingerprint density at radius 3 is 2.77 bits per heavy atom. The van der Waals surface area contributed by atoms with Gasteiger partial charge in [-0.3, -0.25) is 4.79 Å². The summed E-state index contributed by atoms with van der Waals surface area (Å²) >= 11 is 1.82. The fourth-order valence-electron chi connectivity index (χ4n) is 1.20. The molecule has 4 heteroatoms. The summed E-state index contributed by atoms with van der Waals surface area (Å²) < 4.78 is 0. The van der Waals surface area contributed by atoms with Crippen molar-refractivity contribution in [1.29, 1.82) is 0 Å². The van der Waals surface area contributed by atoms with Crippen molar-refractivity contribution in [2.75, 3.05) is 11.5 Å². The minimum Gasteiger partial charge on any atom is -0.391 e. The van der Waals surface area contributed by atoms with Crippen molar-refractivity contribution < 1.29 is 9.90 Å². The van der Waals surface area contributed by atoms with Crippen LogP contribution < -0.4 is 5.32 Å². The minimum atomic E-state index is -0.474. The lowest BCUT2D eigenvalue weighted by atomic mass is 10.1. The number of aliphatic hydroxyl groups is 1. The highest BCUT2D eigenvalue weighted by atomic mass is 32.2. The third kappa shape index (κ3) is 3.19. The minimum absolute atomic E-state index is 0.0957. The van der Waals surface area contributed by atoms with Crippen LogP contribution in [-0.2, 0) is 4.79 Å². The van der Waals surface area contributed by atoms with Gasteiger partial charge in [-0.25, -0.2) is 0 Å². The molecule has 1 fully saturated rings. The van der Waals surface area contributed by atoms with E-state index in [9.17, 15) is 9.90 Å². The number of carbonyl (C=O) groups is 1. The fraction of sp³-hybridized carbons (Fsp3) is 0.889. The van der Waals surface area contributed by atoms with Crippen molar-refractivity contribution in [1.82, 2.24) is 5.32 Å². The van der Waals surface area contributed by atoms with E-state index < -0.39 is 6.10 Å². The van der Waals surface area contributed by atoms with Crippen LogP contribution in [-0.4, -0.2) is 34.7 Å². The number of nitrogens with one attached hydrogen (secondary N) is 1. The van der Waals surface area contributed by atoms with Gasteiger partial charge in [0.1, 0.15) is 0 Å². The zero-order valence-electron chi connectivity index (χ0n) is 8.12. The van der Waals surface area contributed by atoms with Crippen LogP contribution >= 0.6 is 11.8 Å². The van der Waals surface area contributed by atoms with E-state index in [1.165, 1.54) is 0 Å². The summed E-state index contributed by atoms with van der Waals surface area (Å²) in [7, 11) is 0. The zero-order valence-corrected chi connectivity index (χ0v) is 8.93. The first-order chi connectivity index (χ1) is 6.11. The molecule has 0 aromatic carbocycles. The average molecular weight is 203 g/mol. The first kappa shape index (κ1) is 10.9. The molecule has 76 valence electrons. The molecule has 1 rings (SSSR count). The summed E-state index contributed by atoms with van der Waals surface area (Å²) in [6, 6.07) is -0.141. The van der Waals surface area contributed by atoms with Crippen molar-refractivity contribution in [2.45, 2.75) is 32.4 Å². The van der Waals surface area contributed by atoms with Crippen LogP contribution in [0, 0.1) is 5.92 Å². The van der Waals surface area contributed by atoms with Crippen LogP contribution in [0.1, 0.15) is 20.3 Å². The van der Waals surface area contributed by atoms with Crippen molar-refractivity contribution in [3.8, 4) is 0 Å². The molecule has 0 saturated carbocycles. The number of rotatable bonds is 3. The molecule has 2 N–H and O–H groups in total. The van der Waals surface area contributed by atoms with Gasteiger partial charge in [0.15, 0.2) is 0 Å². The Bertz CT molecular complexity index is 178. The van der Waals surface area contributed by atoms with Crippen molar-refractivity contribution in [3.05, 3.63) is 0 Å². The van der Waals surface area contributed by atoms with Crippen LogP contribution in [0.2, 0.25) is 0 Å². The van der Waals surface area contributed by atoms with Gasteiger partial charge in [0.25, 0.3) is 0 Å². The maximum atomic E-state index is 11.5. The van der Waals surface area contributed by atoms with E-state index in [0.29, 0.717) is 0 Å². The molecule has 1 heterocycles. The van der Waals surface area contributed by atoms with Crippen LogP contribution in [0.4, 0.5) is 0 Å². The van der Waals surface area contributed by atoms with Crippen LogP contribution in [0.25, 0.3) is 0 Å². The molecular weight excluding hydrogens is 186 g/mol. The Balaban J connectivity index is 2.31.